The Balaban J connectivity index is 0.00000480. The third-order valence-electron chi connectivity index (χ3n) is 5.24. The fourth-order valence-corrected chi connectivity index (χ4v) is 3.40. The fourth-order valence-electron chi connectivity index (χ4n) is 3.40. The molecule has 6 nitrogen and oxygen atoms in total. The largest absolute Gasteiger partial charge is 0.450 e. The molecule has 1 unspecified atom stereocenters. The number of likely N-dealkylation sites (tertiary alicyclic amines) is 1. The van der Waals surface area contributed by atoms with Crippen LogP contribution >= 0.6 is 24.0 Å². The Morgan fingerprint density at radius 2 is 2.00 bits per heavy atom. The summed E-state index contributed by atoms with van der Waals surface area (Å²) in [5.74, 6) is 0.631. The number of nitrogens with zero attached hydrogens (tertiary/aromatic N) is 2. The van der Waals surface area contributed by atoms with Crippen LogP contribution in [0.1, 0.15) is 50.2 Å². The summed E-state index contributed by atoms with van der Waals surface area (Å²) in [5.41, 5.74) is 0.0485. The Morgan fingerprint density at radius 3 is 2.58 bits per heavy atom. The average molecular weight is 556 g/mol. The van der Waals surface area contributed by atoms with Crippen LogP contribution in [0.3, 0.4) is 0 Å². The monoisotopic (exact) mass is 556 g/mol. The summed E-state index contributed by atoms with van der Waals surface area (Å²) in [5, 5.41) is 6.58. The van der Waals surface area contributed by atoms with Crippen molar-refractivity contribution in [2.24, 2.45) is 4.99 Å². The van der Waals surface area contributed by atoms with Gasteiger partial charge in [-0.05, 0) is 43.7 Å². The van der Waals surface area contributed by atoms with Gasteiger partial charge in [-0.15, -0.1) is 24.0 Å². The highest BCUT2D eigenvalue weighted by Crippen LogP contribution is 2.31. The molecule has 2 N–H and O–H groups in total. The summed E-state index contributed by atoms with van der Waals surface area (Å²) in [4.78, 5) is 17.7. The molecule has 1 aliphatic rings. The molecule has 0 saturated carbocycles. The molecule has 1 amide bonds. The Bertz CT molecular complexity index is 723. The first kappa shape index (κ1) is 27.3. The zero-order valence-corrected chi connectivity index (χ0v) is 20.5. The lowest BCUT2D eigenvalue weighted by Crippen LogP contribution is -2.50. The van der Waals surface area contributed by atoms with Crippen molar-refractivity contribution in [1.29, 1.82) is 0 Å². The van der Waals surface area contributed by atoms with Gasteiger partial charge in [-0.2, -0.15) is 13.2 Å². The molecule has 0 spiro atoms. The first-order valence-electron chi connectivity index (χ1n) is 10.3. The molecule has 10 heteroatoms. The van der Waals surface area contributed by atoms with Gasteiger partial charge in [0.05, 0.1) is 12.2 Å². The number of alkyl halides is 3. The number of ether oxygens (including phenoxy) is 1. The molecular weight excluding hydrogens is 524 g/mol. The number of guanidine groups is 1. The molecule has 0 bridgehead atoms. The molecule has 1 fully saturated rings. The molecule has 1 aromatic carbocycles. The first-order valence-corrected chi connectivity index (χ1v) is 10.3. The Kier molecular flexibility index (Phi) is 11.4. The van der Waals surface area contributed by atoms with Gasteiger partial charge in [-0.3, -0.25) is 4.99 Å². The fraction of sp³-hybridized carbons (Fsp3) is 0.619. The smallest absolute Gasteiger partial charge is 0.416 e. The first-order chi connectivity index (χ1) is 14.2. The predicted molar refractivity (Wildman–Crippen MR) is 126 cm³/mol. The van der Waals surface area contributed by atoms with E-state index >= 15 is 0 Å². The quantitative estimate of drug-likeness (QED) is 0.306. The van der Waals surface area contributed by atoms with Crippen molar-refractivity contribution in [3.8, 4) is 0 Å². The summed E-state index contributed by atoms with van der Waals surface area (Å²) >= 11 is 0. The van der Waals surface area contributed by atoms with Crippen LogP contribution in [-0.2, 0) is 10.9 Å². The van der Waals surface area contributed by atoms with Crippen LogP contribution in [0, 0.1) is 0 Å². The number of benzene rings is 1. The van der Waals surface area contributed by atoms with Crippen LogP contribution in [0.2, 0.25) is 0 Å². The van der Waals surface area contributed by atoms with Crippen LogP contribution < -0.4 is 10.6 Å². The summed E-state index contributed by atoms with van der Waals surface area (Å²) in [6.07, 6.45) is -2.35. The molecule has 0 radical (unpaired) electrons. The molecule has 176 valence electrons. The minimum absolute atomic E-state index is 0. The number of piperidine rings is 1. The molecule has 1 aromatic rings. The highest BCUT2D eigenvalue weighted by atomic mass is 127. The van der Waals surface area contributed by atoms with Crippen LogP contribution in [0.15, 0.2) is 29.3 Å². The summed E-state index contributed by atoms with van der Waals surface area (Å²) < 4.78 is 43.7. The van der Waals surface area contributed by atoms with E-state index < -0.39 is 11.7 Å². The SMILES string of the molecule is CCOC(=O)N1CCC(NC(=NC)NCCC(C)c2cccc(C(F)(F)F)c2)CC1.I. The minimum Gasteiger partial charge on any atom is -0.450 e. The van der Waals surface area contributed by atoms with Crippen LogP contribution in [-0.4, -0.2) is 56.3 Å². The lowest BCUT2D eigenvalue weighted by molar-refractivity contribution is -0.137. The van der Waals surface area contributed by atoms with Crippen molar-refractivity contribution in [3.63, 3.8) is 0 Å². The second-order valence-corrected chi connectivity index (χ2v) is 7.42. The van der Waals surface area contributed by atoms with Gasteiger partial charge >= 0.3 is 12.3 Å². The summed E-state index contributed by atoms with van der Waals surface area (Å²) in [6, 6.07) is 5.68. The Hall–Kier alpha value is -1.72. The number of hydrogen-bond acceptors (Lipinski definition) is 3. The Labute approximate surface area is 199 Å². The molecule has 1 saturated heterocycles. The third kappa shape index (κ3) is 8.74. The molecule has 0 aromatic heterocycles. The van der Waals surface area contributed by atoms with Gasteiger partial charge in [-0.1, -0.05) is 25.1 Å². The molecule has 0 aliphatic carbocycles. The normalized spacial score (nSPS) is 16.3. The van der Waals surface area contributed by atoms with Crippen molar-refractivity contribution >= 4 is 36.0 Å². The Morgan fingerprint density at radius 1 is 1.32 bits per heavy atom. The lowest BCUT2D eigenvalue weighted by atomic mass is 9.96. The number of rotatable bonds is 6. The van der Waals surface area contributed by atoms with E-state index in [4.69, 9.17) is 4.74 Å². The van der Waals surface area contributed by atoms with Crippen LogP contribution in [0.25, 0.3) is 0 Å². The molecule has 1 aliphatic heterocycles. The standard InChI is InChI=1S/C21H31F3N4O2.HI/c1-4-30-20(29)28-12-9-18(10-13-28)27-19(25-3)26-11-8-15(2)16-6-5-7-17(14-16)21(22,23)24;/h5-7,14-15,18H,4,8-13H2,1-3H3,(H2,25,26,27);1H. The number of nitrogens with one attached hydrogen (secondary N) is 2. The molecule has 1 atom stereocenters. The molecular formula is C21H32F3IN4O2. The van der Waals surface area contributed by atoms with Crippen molar-refractivity contribution in [2.45, 2.75) is 51.2 Å². The van der Waals surface area contributed by atoms with E-state index in [-0.39, 0.29) is 42.0 Å². The third-order valence-corrected chi connectivity index (χ3v) is 5.24. The lowest BCUT2D eigenvalue weighted by Gasteiger charge is -2.32. The van der Waals surface area contributed by atoms with Crippen LogP contribution in [0.5, 0.6) is 0 Å². The van der Waals surface area contributed by atoms with Crippen molar-refractivity contribution in [2.75, 3.05) is 33.3 Å². The second kappa shape index (κ2) is 13.0. The van der Waals surface area contributed by atoms with Gasteiger partial charge in [0, 0.05) is 32.7 Å². The zero-order chi connectivity index (χ0) is 22.1. The van der Waals surface area contributed by atoms with E-state index in [1.807, 2.05) is 6.92 Å². The highest BCUT2D eigenvalue weighted by Gasteiger charge is 2.30. The minimum atomic E-state index is -4.33. The van der Waals surface area contributed by atoms with E-state index in [1.165, 1.54) is 12.1 Å². The number of carbonyl (C=O) groups is 1. The number of carbonyl (C=O) groups excluding carboxylic acids is 1. The van der Waals surface area contributed by atoms with Gasteiger partial charge in [-0.25, -0.2) is 4.79 Å². The maximum Gasteiger partial charge on any atom is 0.416 e. The maximum atomic E-state index is 12.9. The number of halogens is 4. The van der Waals surface area contributed by atoms with Gasteiger partial charge in [0.1, 0.15) is 0 Å². The van der Waals surface area contributed by atoms with Gasteiger partial charge < -0.3 is 20.3 Å². The van der Waals surface area contributed by atoms with Gasteiger partial charge in [0.15, 0.2) is 5.96 Å². The second-order valence-electron chi connectivity index (χ2n) is 7.42. The zero-order valence-electron chi connectivity index (χ0n) is 18.2. The number of hydrogen-bond donors (Lipinski definition) is 2. The van der Waals surface area contributed by atoms with Crippen molar-refractivity contribution in [3.05, 3.63) is 35.4 Å². The van der Waals surface area contributed by atoms with Gasteiger partial charge in [0.2, 0.25) is 0 Å². The van der Waals surface area contributed by atoms with Crippen LogP contribution in [0.4, 0.5) is 18.0 Å². The van der Waals surface area contributed by atoms with E-state index in [9.17, 15) is 18.0 Å². The van der Waals surface area contributed by atoms with Crippen molar-refractivity contribution < 1.29 is 22.7 Å². The number of aliphatic imine (C=N–C) groups is 1. The summed E-state index contributed by atoms with van der Waals surface area (Å²) in [6.45, 7) is 5.90. The summed E-state index contributed by atoms with van der Waals surface area (Å²) in [7, 11) is 1.68. The highest BCUT2D eigenvalue weighted by molar-refractivity contribution is 14.0. The topological polar surface area (TPSA) is 66.0 Å². The van der Waals surface area contributed by atoms with E-state index in [0.29, 0.717) is 44.2 Å². The van der Waals surface area contributed by atoms with Gasteiger partial charge in [0.25, 0.3) is 0 Å². The average Bonchev–Trinajstić information content (AvgIpc) is 2.73. The predicted octanol–water partition coefficient (Wildman–Crippen LogP) is 4.60. The molecule has 31 heavy (non-hydrogen) atoms. The molecule has 2 rings (SSSR count). The number of amides is 1. The maximum absolute atomic E-state index is 12.9. The van der Waals surface area contributed by atoms with E-state index in [2.05, 4.69) is 15.6 Å². The van der Waals surface area contributed by atoms with E-state index in [0.717, 1.165) is 18.9 Å². The molecule has 1 heterocycles. The van der Waals surface area contributed by atoms with E-state index in [1.54, 1.807) is 24.9 Å². The van der Waals surface area contributed by atoms with Crippen molar-refractivity contribution in [1.82, 2.24) is 15.5 Å².